The molecule has 0 N–H and O–H groups in total. The SMILES string of the molecule is c1ccc2c(c1)oc1c(-c3ccc(N(c4ccc5cc(-c6cccc7c6sc6ccccc67)ccc5c4)c4cccc5oc6ccccc6c45)c4ccccc34)cccc12. The van der Waals surface area contributed by atoms with E-state index in [1.54, 1.807) is 0 Å². The summed E-state index contributed by atoms with van der Waals surface area (Å²) in [5.41, 5.74) is 11.4. The maximum absolute atomic E-state index is 6.58. The topological polar surface area (TPSA) is 29.5 Å². The molecule has 60 heavy (non-hydrogen) atoms. The standard InChI is InChI=1S/C56H33NO2S/c1-2-13-41-39(12-1)40(44-18-10-19-45-42-14-3-6-22-50(42)59-55(44)45)30-31-48(41)57(49-21-11-24-52-54(49)47-16-4-7-23-51(47)58-52)37-29-28-34-32-36(27-26-35(34)33-37)38-17-9-20-46-43-15-5-8-25-53(43)60-56(38)46/h1-33H. The van der Waals surface area contributed by atoms with Gasteiger partial charge in [-0.1, -0.05) is 146 Å². The highest BCUT2D eigenvalue weighted by molar-refractivity contribution is 7.26. The predicted molar refractivity (Wildman–Crippen MR) is 254 cm³/mol. The van der Waals surface area contributed by atoms with Crippen LogP contribution >= 0.6 is 11.3 Å². The molecule has 13 aromatic rings. The monoisotopic (exact) mass is 783 g/mol. The molecule has 0 saturated carbocycles. The third-order valence-electron chi connectivity index (χ3n) is 12.3. The fourth-order valence-electron chi connectivity index (χ4n) is 9.54. The van der Waals surface area contributed by atoms with E-state index < -0.39 is 0 Å². The second kappa shape index (κ2) is 12.9. The molecule has 0 unspecified atom stereocenters. The van der Waals surface area contributed by atoms with Gasteiger partial charge in [0, 0.05) is 53.0 Å². The van der Waals surface area contributed by atoms with Crippen LogP contribution in [0.15, 0.2) is 209 Å². The Morgan fingerprint density at radius 1 is 0.367 bits per heavy atom. The van der Waals surface area contributed by atoms with Gasteiger partial charge in [0.15, 0.2) is 0 Å². The molecule has 0 amide bonds. The lowest BCUT2D eigenvalue weighted by Crippen LogP contribution is -2.11. The van der Waals surface area contributed by atoms with Crippen molar-refractivity contribution in [3.8, 4) is 22.3 Å². The van der Waals surface area contributed by atoms with Gasteiger partial charge in [-0.05, 0) is 87.4 Å². The second-order valence-electron chi connectivity index (χ2n) is 15.6. The fourth-order valence-corrected chi connectivity index (χ4v) is 10.8. The first kappa shape index (κ1) is 33.3. The summed E-state index contributed by atoms with van der Waals surface area (Å²) in [5.74, 6) is 0. The van der Waals surface area contributed by atoms with Crippen LogP contribution in [0.1, 0.15) is 0 Å². The second-order valence-corrected chi connectivity index (χ2v) is 16.6. The lowest BCUT2D eigenvalue weighted by atomic mass is 9.94. The Kier molecular flexibility index (Phi) is 7.18. The largest absolute Gasteiger partial charge is 0.456 e. The minimum absolute atomic E-state index is 0.858. The van der Waals surface area contributed by atoms with Crippen LogP contribution < -0.4 is 4.90 Å². The summed E-state index contributed by atoms with van der Waals surface area (Å²) in [5, 5.41) is 11.7. The molecule has 0 atom stereocenters. The van der Waals surface area contributed by atoms with E-state index in [0.717, 1.165) is 82.8 Å². The summed E-state index contributed by atoms with van der Waals surface area (Å²) in [4.78, 5) is 2.42. The van der Waals surface area contributed by atoms with Gasteiger partial charge in [-0.25, -0.2) is 0 Å². The molecule has 0 aliphatic heterocycles. The van der Waals surface area contributed by atoms with E-state index in [9.17, 15) is 0 Å². The van der Waals surface area contributed by atoms with E-state index in [1.165, 1.54) is 42.1 Å². The highest BCUT2D eigenvalue weighted by Crippen LogP contribution is 2.48. The molecule has 0 aliphatic rings. The molecule has 3 aromatic heterocycles. The molecule has 3 nitrogen and oxygen atoms in total. The Labute approximate surface area is 348 Å². The van der Waals surface area contributed by atoms with Crippen molar-refractivity contribution in [3.05, 3.63) is 200 Å². The van der Waals surface area contributed by atoms with Crippen LogP contribution in [-0.2, 0) is 0 Å². The minimum Gasteiger partial charge on any atom is -0.456 e. The molecule has 3 heterocycles. The molecule has 0 bridgehead atoms. The number of anilines is 3. The van der Waals surface area contributed by atoms with Gasteiger partial charge in [-0.3, -0.25) is 0 Å². The lowest BCUT2D eigenvalue weighted by molar-refractivity contribution is 0.669. The number of rotatable bonds is 5. The fraction of sp³-hybridized carbons (Fsp3) is 0. The summed E-state index contributed by atoms with van der Waals surface area (Å²) in [6.45, 7) is 0. The minimum atomic E-state index is 0.858. The van der Waals surface area contributed by atoms with Crippen molar-refractivity contribution in [2.45, 2.75) is 0 Å². The van der Waals surface area contributed by atoms with Gasteiger partial charge in [-0.15, -0.1) is 11.3 Å². The van der Waals surface area contributed by atoms with E-state index in [4.69, 9.17) is 8.83 Å². The number of para-hydroxylation sites is 3. The quantitative estimate of drug-likeness (QED) is 0.174. The number of hydrogen-bond acceptors (Lipinski definition) is 4. The van der Waals surface area contributed by atoms with Gasteiger partial charge in [-0.2, -0.15) is 0 Å². The smallest absolute Gasteiger partial charge is 0.143 e. The number of furan rings is 2. The van der Waals surface area contributed by atoms with Gasteiger partial charge in [0.1, 0.15) is 22.3 Å². The molecule has 4 heteroatoms. The number of thiophene rings is 1. The van der Waals surface area contributed by atoms with Gasteiger partial charge < -0.3 is 13.7 Å². The van der Waals surface area contributed by atoms with Crippen molar-refractivity contribution < 1.29 is 8.83 Å². The van der Waals surface area contributed by atoms with Crippen LogP contribution in [0.4, 0.5) is 17.1 Å². The molecule has 0 spiro atoms. The van der Waals surface area contributed by atoms with E-state index in [-0.39, 0.29) is 0 Å². The first-order chi connectivity index (χ1) is 29.7. The van der Waals surface area contributed by atoms with E-state index in [0.29, 0.717) is 0 Å². The summed E-state index contributed by atoms with van der Waals surface area (Å²) in [7, 11) is 0. The molecule has 0 radical (unpaired) electrons. The van der Waals surface area contributed by atoms with Crippen molar-refractivity contribution >= 4 is 114 Å². The van der Waals surface area contributed by atoms with E-state index in [1.807, 2.05) is 23.5 Å². The lowest BCUT2D eigenvalue weighted by Gasteiger charge is -2.28. The zero-order chi connectivity index (χ0) is 39.3. The highest BCUT2D eigenvalue weighted by Gasteiger charge is 2.23. The van der Waals surface area contributed by atoms with Crippen molar-refractivity contribution in [2.75, 3.05) is 4.90 Å². The molecule has 0 fully saturated rings. The molecule has 10 aromatic carbocycles. The van der Waals surface area contributed by atoms with Crippen LogP contribution in [0, 0.1) is 0 Å². The summed E-state index contributed by atoms with van der Waals surface area (Å²) in [6, 6.07) is 72.0. The van der Waals surface area contributed by atoms with Crippen molar-refractivity contribution in [3.63, 3.8) is 0 Å². The van der Waals surface area contributed by atoms with E-state index in [2.05, 4.69) is 193 Å². The summed E-state index contributed by atoms with van der Waals surface area (Å²) in [6.07, 6.45) is 0. The van der Waals surface area contributed by atoms with Gasteiger partial charge in [0.05, 0.1) is 16.8 Å². The van der Waals surface area contributed by atoms with Gasteiger partial charge >= 0.3 is 0 Å². The van der Waals surface area contributed by atoms with Crippen molar-refractivity contribution in [2.24, 2.45) is 0 Å². The number of fused-ring (bicyclic) bond motifs is 11. The average molecular weight is 784 g/mol. The number of benzene rings is 10. The predicted octanol–water partition coefficient (Wildman–Crippen LogP) is 17.0. The van der Waals surface area contributed by atoms with Crippen LogP contribution in [0.3, 0.4) is 0 Å². The summed E-state index contributed by atoms with van der Waals surface area (Å²) >= 11 is 1.87. The molecular formula is C56H33NO2S. The maximum Gasteiger partial charge on any atom is 0.143 e. The Balaban J connectivity index is 1.02. The molecular weight excluding hydrogens is 751 g/mol. The zero-order valence-electron chi connectivity index (χ0n) is 32.2. The Bertz CT molecular complexity index is 3870. The van der Waals surface area contributed by atoms with Crippen LogP contribution in [0.2, 0.25) is 0 Å². The van der Waals surface area contributed by atoms with Crippen LogP contribution in [-0.4, -0.2) is 0 Å². The maximum atomic E-state index is 6.58. The van der Waals surface area contributed by atoms with Crippen molar-refractivity contribution in [1.82, 2.24) is 0 Å². The third kappa shape index (κ3) is 4.95. The number of nitrogens with zero attached hydrogens (tertiary/aromatic N) is 1. The molecule has 0 saturated heterocycles. The Morgan fingerprint density at radius 2 is 1.02 bits per heavy atom. The first-order valence-electron chi connectivity index (χ1n) is 20.3. The molecule has 0 aliphatic carbocycles. The van der Waals surface area contributed by atoms with E-state index >= 15 is 0 Å². The summed E-state index contributed by atoms with van der Waals surface area (Å²) < 4.78 is 15.7. The highest BCUT2D eigenvalue weighted by atomic mass is 32.1. The molecule has 280 valence electrons. The number of hydrogen-bond donors (Lipinski definition) is 0. The molecule has 13 rings (SSSR count). The first-order valence-corrected chi connectivity index (χ1v) is 21.1. The average Bonchev–Trinajstić information content (AvgIpc) is 4.01. The Hall–Kier alpha value is -7.66. The van der Waals surface area contributed by atoms with Gasteiger partial charge in [0.2, 0.25) is 0 Å². The zero-order valence-corrected chi connectivity index (χ0v) is 33.0. The normalized spacial score (nSPS) is 12.0. The van der Waals surface area contributed by atoms with Gasteiger partial charge in [0.25, 0.3) is 0 Å². The van der Waals surface area contributed by atoms with Crippen LogP contribution in [0.25, 0.3) is 108 Å². The van der Waals surface area contributed by atoms with Crippen molar-refractivity contribution in [1.29, 1.82) is 0 Å². The Morgan fingerprint density at radius 3 is 1.90 bits per heavy atom. The third-order valence-corrected chi connectivity index (χ3v) is 13.5. The van der Waals surface area contributed by atoms with Crippen LogP contribution in [0.5, 0.6) is 0 Å².